The van der Waals surface area contributed by atoms with E-state index in [2.05, 4.69) is 0 Å². The van der Waals surface area contributed by atoms with Crippen LogP contribution in [0.25, 0.3) is 0 Å². The van der Waals surface area contributed by atoms with Gasteiger partial charge in [-0.25, -0.2) is 5.90 Å². The van der Waals surface area contributed by atoms with Crippen molar-refractivity contribution in [2.75, 3.05) is 6.61 Å². The summed E-state index contributed by atoms with van der Waals surface area (Å²) in [7, 11) is 0. The van der Waals surface area contributed by atoms with Crippen molar-refractivity contribution in [3.63, 3.8) is 0 Å². The highest BCUT2D eigenvalue weighted by Crippen LogP contribution is 2.61. The lowest BCUT2D eigenvalue weighted by Crippen LogP contribution is -2.35. The van der Waals surface area contributed by atoms with Gasteiger partial charge in [-0.15, -0.1) is 0 Å². The van der Waals surface area contributed by atoms with Crippen molar-refractivity contribution in [1.29, 1.82) is 0 Å². The van der Waals surface area contributed by atoms with Crippen molar-refractivity contribution < 1.29 is 4.84 Å². The Labute approximate surface area is 86.1 Å². The van der Waals surface area contributed by atoms with Gasteiger partial charge in [0.2, 0.25) is 0 Å². The summed E-state index contributed by atoms with van der Waals surface area (Å²) in [5, 5.41) is 0. The zero-order chi connectivity index (χ0) is 9.60. The molecule has 2 nitrogen and oxygen atoms in total. The highest BCUT2D eigenvalue weighted by molar-refractivity contribution is 5.01. The van der Waals surface area contributed by atoms with Crippen molar-refractivity contribution >= 4 is 0 Å². The second-order valence-corrected chi connectivity index (χ2v) is 5.93. The lowest BCUT2D eigenvalue weighted by atomic mass is 9.61. The van der Waals surface area contributed by atoms with E-state index in [4.69, 9.17) is 10.7 Å². The molecule has 3 fully saturated rings. The standard InChI is InChI=1S/C12H21NO/c13-14-4-3-12-2-1-10-5-9(7-12)6-11(10)8-12/h9-11H,1-8,13H2. The normalized spacial score (nSPS) is 49.9. The minimum Gasteiger partial charge on any atom is -0.305 e. The zero-order valence-electron chi connectivity index (χ0n) is 8.87. The summed E-state index contributed by atoms with van der Waals surface area (Å²) in [5.74, 6) is 8.37. The first-order valence-corrected chi connectivity index (χ1v) is 6.13. The van der Waals surface area contributed by atoms with E-state index in [-0.39, 0.29) is 0 Å². The fraction of sp³-hybridized carbons (Fsp3) is 1.00. The monoisotopic (exact) mass is 195 g/mol. The van der Waals surface area contributed by atoms with E-state index in [0.717, 1.165) is 24.4 Å². The Hall–Kier alpha value is -0.0800. The third-order valence-corrected chi connectivity index (χ3v) is 5.15. The van der Waals surface area contributed by atoms with E-state index in [1.54, 1.807) is 0 Å². The molecule has 0 saturated heterocycles. The Bertz CT molecular complexity index is 226. The van der Waals surface area contributed by atoms with Crippen molar-refractivity contribution in [3.8, 4) is 0 Å². The SMILES string of the molecule is NOCCC12CCC3CC(CC3C1)C2. The molecule has 0 heterocycles. The molecule has 0 amide bonds. The Balaban J connectivity index is 1.75. The quantitative estimate of drug-likeness (QED) is 0.702. The maximum absolute atomic E-state index is 5.16. The molecule has 0 radical (unpaired) electrons. The third-order valence-electron chi connectivity index (χ3n) is 5.15. The van der Waals surface area contributed by atoms with Gasteiger partial charge in [0, 0.05) is 0 Å². The highest BCUT2D eigenvalue weighted by atomic mass is 16.6. The van der Waals surface area contributed by atoms with Gasteiger partial charge in [-0.2, -0.15) is 0 Å². The molecule has 4 unspecified atom stereocenters. The van der Waals surface area contributed by atoms with Crippen LogP contribution in [0.5, 0.6) is 0 Å². The topological polar surface area (TPSA) is 35.2 Å². The molecule has 3 bridgehead atoms. The molecule has 3 aliphatic rings. The van der Waals surface area contributed by atoms with Gasteiger partial charge >= 0.3 is 0 Å². The molecule has 80 valence electrons. The maximum atomic E-state index is 5.16. The van der Waals surface area contributed by atoms with Crippen LogP contribution in [0.1, 0.15) is 44.9 Å². The summed E-state index contributed by atoms with van der Waals surface area (Å²) in [6.07, 6.45) is 10.2. The van der Waals surface area contributed by atoms with Gasteiger partial charge in [-0.1, -0.05) is 0 Å². The summed E-state index contributed by atoms with van der Waals surface area (Å²) >= 11 is 0. The smallest absolute Gasteiger partial charge is 0.0684 e. The Morgan fingerprint density at radius 3 is 2.93 bits per heavy atom. The van der Waals surface area contributed by atoms with Crippen LogP contribution < -0.4 is 5.90 Å². The van der Waals surface area contributed by atoms with Crippen molar-refractivity contribution in [2.24, 2.45) is 29.1 Å². The highest BCUT2D eigenvalue weighted by Gasteiger charge is 2.51. The lowest BCUT2D eigenvalue weighted by molar-refractivity contribution is 0.0230. The number of hydrogen-bond donors (Lipinski definition) is 1. The third kappa shape index (κ3) is 1.31. The molecular formula is C12H21NO. The van der Waals surface area contributed by atoms with Gasteiger partial charge < -0.3 is 4.84 Å². The van der Waals surface area contributed by atoms with E-state index < -0.39 is 0 Å². The predicted molar refractivity (Wildman–Crippen MR) is 55.4 cm³/mol. The average Bonchev–Trinajstić information content (AvgIpc) is 2.40. The number of rotatable bonds is 3. The van der Waals surface area contributed by atoms with Crippen LogP contribution >= 0.6 is 0 Å². The van der Waals surface area contributed by atoms with Crippen LogP contribution in [0.2, 0.25) is 0 Å². The second-order valence-electron chi connectivity index (χ2n) is 5.93. The fourth-order valence-electron chi connectivity index (χ4n) is 4.66. The molecule has 0 aromatic rings. The Kier molecular flexibility index (Phi) is 2.10. The molecule has 0 aliphatic heterocycles. The van der Waals surface area contributed by atoms with Gasteiger partial charge in [0.25, 0.3) is 0 Å². The molecule has 4 atom stereocenters. The zero-order valence-corrected chi connectivity index (χ0v) is 8.87. The van der Waals surface area contributed by atoms with Gasteiger partial charge in [-0.05, 0) is 68.1 Å². The summed E-state index contributed by atoms with van der Waals surface area (Å²) in [4.78, 5) is 4.78. The molecule has 0 aromatic heterocycles. The number of hydrogen-bond acceptors (Lipinski definition) is 2. The average molecular weight is 195 g/mol. The minimum absolute atomic E-state index is 0.639. The second kappa shape index (κ2) is 3.21. The summed E-state index contributed by atoms with van der Waals surface area (Å²) in [6.45, 7) is 0.768. The fourth-order valence-corrected chi connectivity index (χ4v) is 4.66. The van der Waals surface area contributed by atoms with Crippen LogP contribution in [0.15, 0.2) is 0 Å². The van der Waals surface area contributed by atoms with E-state index >= 15 is 0 Å². The van der Waals surface area contributed by atoms with E-state index in [1.807, 2.05) is 0 Å². The molecule has 2 heteroatoms. The van der Waals surface area contributed by atoms with Crippen molar-refractivity contribution in [3.05, 3.63) is 0 Å². The number of nitrogens with two attached hydrogens (primary N) is 1. The van der Waals surface area contributed by atoms with Crippen molar-refractivity contribution in [2.45, 2.75) is 44.9 Å². The van der Waals surface area contributed by atoms with Gasteiger partial charge in [-0.3, -0.25) is 0 Å². The summed E-state index contributed by atoms with van der Waals surface area (Å²) in [6, 6.07) is 0. The molecule has 3 aliphatic carbocycles. The molecule has 0 spiro atoms. The lowest BCUT2D eigenvalue weighted by Gasteiger charge is -2.45. The van der Waals surface area contributed by atoms with Gasteiger partial charge in [0.05, 0.1) is 6.61 Å². The molecule has 14 heavy (non-hydrogen) atoms. The molecule has 2 N–H and O–H groups in total. The Morgan fingerprint density at radius 1 is 1.21 bits per heavy atom. The van der Waals surface area contributed by atoms with E-state index in [0.29, 0.717) is 5.41 Å². The first-order valence-electron chi connectivity index (χ1n) is 6.13. The van der Waals surface area contributed by atoms with Gasteiger partial charge in [0.15, 0.2) is 0 Å². The van der Waals surface area contributed by atoms with E-state index in [1.165, 1.54) is 44.9 Å². The van der Waals surface area contributed by atoms with Crippen LogP contribution in [-0.4, -0.2) is 6.61 Å². The first kappa shape index (κ1) is 9.17. The summed E-state index contributed by atoms with van der Waals surface area (Å²) in [5.41, 5.74) is 0.639. The van der Waals surface area contributed by atoms with E-state index in [9.17, 15) is 0 Å². The van der Waals surface area contributed by atoms with Crippen LogP contribution in [0.4, 0.5) is 0 Å². The molecular weight excluding hydrogens is 174 g/mol. The first-order chi connectivity index (χ1) is 6.81. The molecule has 0 aromatic carbocycles. The van der Waals surface area contributed by atoms with Crippen LogP contribution in [0, 0.1) is 23.2 Å². The predicted octanol–water partition coefficient (Wildman–Crippen LogP) is 2.48. The largest absolute Gasteiger partial charge is 0.305 e. The minimum atomic E-state index is 0.639. The van der Waals surface area contributed by atoms with Gasteiger partial charge in [0.1, 0.15) is 0 Å². The number of fused-ring (bicyclic) bond motifs is 2. The summed E-state index contributed by atoms with van der Waals surface area (Å²) < 4.78 is 0. The van der Waals surface area contributed by atoms with Crippen LogP contribution in [-0.2, 0) is 4.84 Å². The molecule has 3 rings (SSSR count). The molecule has 3 saturated carbocycles. The van der Waals surface area contributed by atoms with Crippen LogP contribution in [0.3, 0.4) is 0 Å². The maximum Gasteiger partial charge on any atom is 0.0684 e. The Morgan fingerprint density at radius 2 is 2.07 bits per heavy atom. The van der Waals surface area contributed by atoms with Crippen molar-refractivity contribution in [1.82, 2.24) is 0 Å².